The first-order valence-electron chi connectivity index (χ1n) is 9.77. The van der Waals surface area contributed by atoms with Crippen LogP contribution in [0.1, 0.15) is 36.1 Å². The van der Waals surface area contributed by atoms with Crippen molar-refractivity contribution in [1.29, 1.82) is 0 Å². The Hall–Kier alpha value is -1.96. The average Bonchev–Trinajstić information content (AvgIpc) is 2.69. The highest BCUT2D eigenvalue weighted by atomic mass is 35.5. The molecule has 0 aromatic heterocycles. The minimum atomic E-state index is -3.81. The summed E-state index contributed by atoms with van der Waals surface area (Å²) < 4.78 is 23.4. The number of fused-ring (bicyclic) bond motifs is 1. The molecule has 3 rings (SSSR count). The standard InChI is InChI=1S/C23H28N2O3S.ClH/c1-16-10-12-20(14-23(16)29(24,27)28)22(26)15-25-17(2)11-13-19-8-5-7-18-6-3-4-9-21(18)19;/h3-10,12,14,17,22,25-26H,11,13,15H2,1-2H3,(H2,24,27,28);1H. The number of nitrogens with two attached hydrogens (primary N) is 1. The first kappa shape index (κ1) is 24.3. The number of rotatable bonds is 8. The maximum absolute atomic E-state index is 11.7. The van der Waals surface area contributed by atoms with Gasteiger partial charge in [-0.1, -0.05) is 54.6 Å². The number of halogens is 1. The summed E-state index contributed by atoms with van der Waals surface area (Å²) in [5, 5.41) is 21.6. The Balaban J connectivity index is 0.00000320. The third kappa shape index (κ3) is 6.03. The van der Waals surface area contributed by atoms with Gasteiger partial charge in [0.2, 0.25) is 10.0 Å². The van der Waals surface area contributed by atoms with Crippen LogP contribution < -0.4 is 10.5 Å². The molecule has 0 radical (unpaired) electrons. The monoisotopic (exact) mass is 448 g/mol. The molecule has 0 aliphatic rings. The summed E-state index contributed by atoms with van der Waals surface area (Å²) in [7, 11) is -3.81. The minimum absolute atomic E-state index is 0. The largest absolute Gasteiger partial charge is 0.387 e. The lowest BCUT2D eigenvalue weighted by Crippen LogP contribution is -2.31. The molecular formula is C23H29ClN2O3S. The summed E-state index contributed by atoms with van der Waals surface area (Å²) in [4.78, 5) is 0.0538. The Morgan fingerprint density at radius 3 is 2.50 bits per heavy atom. The molecule has 0 spiro atoms. The van der Waals surface area contributed by atoms with E-state index in [9.17, 15) is 13.5 Å². The molecule has 2 unspecified atom stereocenters. The average molecular weight is 449 g/mol. The van der Waals surface area contributed by atoms with Crippen LogP contribution in [0.2, 0.25) is 0 Å². The van der Waals surface area contributed by atoms with Gasteiger partial charge in [-0.3, -0.25) is 0 Å². The van der Waals surface area contributed by atoms with Crippen LogP contribution in [0.3, 0.4) is 0 Å². The van der Waals surface area contributed by atoms with E-state index in [0.717, 1.165) is 12.8 Å². The smallest absolute Gasteiger partial charge is 0.238 e. The molecule has 0 aliphatic heterocycles. The van der Waals surface area contributed by atoms with E-state index >= 15 is 0 Å². The van der Waals surface area contributed by atoms with Crippen molar-refractivity contribution in [3.63, 3.8) is 0 Å². The summed E-state index contributed by atoms with van der Waals surface area (Å²) in [6.45, 7) is 4.11. The van der Waals surface area contributed by atoms with Crippen LogP contribution in [0.15, 0.2) is 65.6 Å². The lowest BCUT2D eigenvalue weighted by Gasteiger charge is -2.18. The van der Waals surface area contributed by atoms with Crippen LogP contribution in [-0.4, -0.2) is 26.1 Å². The Morgan fingerprint density at radius 1 is 1.07 bits per heavy atom. The number of aliphatic hydroxyl groups is 1. The zero-order valence-corrected chi connectivity index (χ0v) is 18.8. The molecule has 4 N–H and O–H groups in total. The van der Waals surface area contributed by atoms with Gasteiger partial charge < -0.3 is 10.4 Å². The number of aliphatic hydroxyl groups excluding tert-OH is 1. The molecule has 30 heavy (non-hydrogen) atoms. The summed E-state index contributed by atoms with van der Waals surface area (Å²) in [6.07, 6.45) is 1.05. The first-order chi connectivity index (χ1) is 13.8. The first-order valence-corrected chi connectivity index (χ1v) is 11.3. The van der Waals surface area contributed by atoms with E-state index in [4.69, 9.17) is 5.14 Å². The highest BCUT2D eigenvalue weighted by Crippen LogP contribution is 2.22. The molecule has 0 aliphatic carbocycles. The van der Waals surface area contributed by atoms with E-state index in [1.54, 1.807) is 19.1 Å². The predicted octanol–water partition coefficient (Wildman–Crippen LogP) is 3.86. The second-order valence-corrected chi connectivity index (χ2v) is 9.10. The molecule has 7 heteroatoms. The van der Waals surface area contributed by atoms with Crippen molar-refractivity contribution in [2.24, 2.45) is 5.14 Å². The maximum Gasteiger partial charge on any atom is 0.238 e. The topological polar surface area (TPSA) is 92.4 Å². The van der Waals surface area contributed by atoms with E-state index in [1.165, 1.54) is 22.4 Å². The summed E-state index contributed by atoms with van der Waals surface area (Å²) in [5.41, 5.74) is 2.42. The molecule has 3 aromatic rings. The zero-order valence-electron chi connectivity index (χ0n) is 17.2. The summed E-state index contributed by atoms with van der Waals surface area (Å²) >= 11 is 0. The fraction of sp³-hybridized carbons (Fsp3) is 0.304. The van der Waals surface area contributed by atoms with Gasteiger partial charge in [0.05, 0.1) is 11.0 Å². The molecular weight excluding hydrogens is 420 g/mol. The highest BCUT2D eigenvalue weighted by Gasteiger charge is 2.16. The number of hydrogen-bond acceptors (Lipinski definition) is 4. The van der Waals surface area contributed by atoms with Crippen LogP contribution in [0.25, 0.3) is 10.8 Å². The van der Waals surface area contributed by atoms with Crippen molar-refractivity contribution >= 4 is 33.2 Å². The second-order valence-electron chi connectivity index (χ2n) is 7.57. The van der Waals surface area contributed by atoms with Gasteiger partial charge in [0.25, 0.3) is 0 Å². The summed E-state index contributed by atoms with van der Waals surface area (Å²) in [5.74, 6) is 0. The Labute approximate surface area is 184 Å². The number of hydrogen-bond donors (Lipinski definition) is 3. The van der Waals surface area contributed by atoms with Crippen molar-refractivity contribution in [1.82, 2.24) is 5.32 Å². The lowest BCUT2D eigenvalue weighted by molar-refractivity contribution is 0.170. The van der Waals surface area contributed by atoms with Crippen molar-refractivity contribution in [3.8, 4) is 0 Å². The van der Waals surface area contributed by atoms with Crippen molar-refractivity contribution < 1.29 is 13.5 Å². The fourth-order valence-corrected chi connectivity index (χ4v) is 4.36. The van der Waals surface area contributed by atoms with E-state index in [2.05, 4.69) is 48.6 Å². The molecule has 5 nitrogen and oxygen atoms in total. The van der Waals surface area contributed by atoms with Crippen LogP contribution in [0, 0.1) is 6.92 Å². The van der Waals surface area contributed by atoms with Gasteiger partial charge in [-0.05, 0) is 60.2 Å². The third-order valence-corrected chi connectivity index (χ3v) is 6.34. The van der Waals surface area contributed by atoms with Gasteiger partial charge in [-0.2, -0.15) is 0 Å². The highest BCUT2D eigenvalue weighted by molar-refractivity contribution is 7.89. The van der Waals surface area contributed by atoms with Crippen LogP contribution >= 0.6 is 12.4 Å². The van der Waals surface area contributed by atoms with E-state index < -0.39 is 16.1 Å². The van der Waals surface area contributed by atoms with Crippen LogP contribution in [-0.2, 0) is 16.4 Å². The maximum atomic E-state index is 11.7. The molecule has 3 aromatic carbocycles. The predicted molar refractivity (Wildman–Crippen MR) is 124 cm³/mol. The van der Waals surface area contributed by atoms with Gasteiger partial charge in [-0.25, -0.2) is 13.6 Å². The fourth-order valence-electron chi connectivity index (χ4n) is 3.55. The molecule has 0 heterocycles. The van der Waals surface area contributed by atoms with E-state index in [0.29, 0.717) is 17.7 Å². The lowest BCUT2D eigenvalue weighted by atomic mass is 9.99. The Kier molecular flexibility index (Phi) is 8.41. The van der Waals surface area contributed by atoms with Crippen LogP contribution in [0.4, 0.5) is 0 Å². The molecule has 2 atom stereocenters. The molecule has 0 saturated heterocycles. The Morgan fingerprint density at radius 2 is 1.77 bits per heavy atom. The normalized spacial score (nSPS) is 13.6. The van der Waals surface area contributed by atoms with Crippen molar-refractivity contribution in [2.75, 3.05) is 6.54 Å². The number of benzene rings is 3. The minimum Gasteiger partial charge on any atom is -0.387 e. The molecule has 162 valence electrons. The second kappa shape index (κ2) is 10.4. The van der Waals surface area contributed by atoms with Crippen LogP contribution in [0.5, 0.6) is 0 Å². The van der Waals surface area contributed by atoms with E-state index in [-0.39, 0.29) is 23.3 Å². The molecule has 0 amide bonds. The zero-order chi connectivity index (χ0) is 21.0. The molecule has 0 bridgehead atoms. The number of sulfonamides is 1. The van der Waals surface area contributed by atoms with Gasteiger partial charge in [0.15, 0.2) is 0 Å². The quantitative estimate of drug-likeness (QED) is 0.487. The van der Waals surface area contributed by atoms with Gasteiger partial charge in [0, 0.05) is 12.6 Å². The number of nitrogens with one attached hydrogen (secondary N) is 1. The van der Waals surface area contributed by atoms with Crippen molar-refractivity contribution in [3.05, 3.63) is 77.4 Å². The van der Waals surface area contributed by atoms with Gasteiger partial charge >= 0.3 is 0 Å². The van der Waals surface area contributed by atoms with Crippen molar-refractivity contribution in [2.45, 2.75) is 43.7 Å². The van der Waals surface area contributed by atoms with E-state index in [1.807, 2.05) is 6.07 Å². The molecule has 0 saturated carbocycles. The third-order valence-electron chi connectivity index (χ3n) is 5.29. The summed E-state index contributed by atoms with van der Waals surface area (Å²) in [6, 6.07) is 19.8. The molecule has 0 fully saturated rings. The van der Waals surface area contributed by atoms with Gasteiger partial charge in [0.1, 0.15) is 0 Å². The number of aryl methyl sites for hydroxylation is 2. The number of primary sulfonamides is 1. The van der Waals surface area contributed by atoms with Gasteiger partial charge in [-0.15, -0.1) is 12.4 Å². The SMILES string of the molecule is Cc1ccc(C(O)CNC(C)CCc2cccc3ccccc23)cc1S(N)(=O)=O.Cl. The Bertz CT molecular complexity index is 1100.